The minimum Gasteiger partial charge on any atom is -0.395 e. The van der Waals surface area contributed by atoms with E-state index in [4.69, 9.17) is 37.5 Å². The first-order valence-corrected chi connectivity index (χ1v) is 12.6. The highest BCUT2D eigenvalue weighted by atomic mass is 35.5. The summed E-state index contributed by atoms with van der Waals surface area (Å²) >= 11 is 10.3. The lowest BCUT2D eigenvalue weighted by Gasteiger charge is -2.45. The van der Waals surface area contributed by atoms with Crippen molar-refractivity contribution in [1.29, 1.82) is 0 Å². The number of halogens is 1. The topological polar surface area (TPSA) is 134 Å². The van der Waals surface area contributed by atoms with Gasteiger partial charge >= 0.3 is 0 Å². The van der Waals surface area contributed by atoms with Crippen LogP contribution in [0.1, 0.15) is 5.01 Å². The Kier molecular flexibility index (Phi) is 6.51. The molecule has 0 saturated carbocycles. The van der Waals surface area contributed by atoms with Crippen LogP contribution in [0.25, 0.3) is 16.0 Å². The molecular formula is C18H20ClN7O3S3. The van der Waals surface area contributed by atoms with E-state index in [1.165, 1.54) is 28.1 Å². The van der Waals surface area contributed by atoms with Crippen molar-refractivity contribution in [2.75, 3.05) is 13.7 Å². The van der Waals surface area contributed by atoms with Crippen molar-refractivity contribution in [3.8, 4) is 0 Å². The number of hydrogen-bond donors (Lipinski definition) is 3. The van der Waals surface area contributed by atoms with Crippen molar-refractivity contribution in [3.05, 3.63) is 39.5 Å². The number of aromatic nitrogens is 3. The third kappa shape index (κ3) is 4.32. The molecule has 10 nitrogen and oxygen atoms in total. The van der Waals surface area contributed by atoms with Gasteiger partial charge in [-0.05, 0) is 6.07 Å². The number of hydrogen-bond acceptors (Lipinski definition) is 13. The first kappa shape index (κ1) is 22.3. The van der Waals surface area contributed by atoms with Crippen LogP contribution in [0.5, 0.6) is 0 Å². The van der Waals surface area contributed by atoms with Gasteiger partial charge in [0, 0.05) is 29.8 Å². The number of nitrogens with two attached hydrogens (primary N) is 2. The second kappa shape index (κ2) is 9.37. The van der Waals surface area contributed by atoms with E-state index in [1.807, 2.05) is 0 Å². The highest BCUT2D eigenvalue weighted by Crippen LogP contribution is 2.38. The Morgan fingerprint density at radius 3 is 3.09 bits per heavy atom. The second-order valence-electron chi connectivity index (χ2n) is 7.13. The molecule has 14 heteroatoms. The molecule has 2 aliphatic heterocycles. The van der Waals surface area contributed by atoms with Gasteiger partial charge in [-0.3, -0.25) is 4.84 Å². The average molecular weight is 514 g/mol. The minimum atomic E-state index is -0.424. The Labute approximate surface area is 200 Å². The predicted octanol–water partition coefficient (Wildman–Crippen LogP) is 2.04. The van der Waals surface area contributed by atoms with Crippen molar-refractivity contribution < 1.29 is 14.3 Å². The van der Waals surface area contributed by atoms with Gasteiger partial charge in [-0.25, -0.2) is 20.8 Å². The van der Waals surface area contributed by atoms with Crippen LogP contribution in [0, 0.1) is 0 Å². The summed E-state index contributed by atoms with van der Waals surface area (Å²) in [4.78, 5) is 19.6. The summed E-state index contributed by atoms with van der Waals surface area (Å²) in [6.45, 7) is 0.538. The van der Waals surface area contributed by atoms with Crippen LogP contribution in [0.15, 0.2) is 34.2 Å². The number of nitrogens with one attached hydrogen (secondary N) is 1. The summed E-state index contributed by atoms with van der Waals surface area (Å²) in [5.41, 5.74) is 11.7. The van der Waals surface area contributed by atoms with Gasteiger partial charge in [0.05, 0.1) is 22.5 Å². The second-order valence-corrected chi connectivity index (χ2v) is 10.4. The molecule has 0 aromatic carbocycles. The zero-order valence-corrected chi connectivity index (χ0v) is 20.0. The van der Waals surface area contributed by atoms with Crippen LogP contribution in [0.3, 0.4) is 0 Å². The van der Waals surface area contributed by atoms with Gasteiger partial charge in [-0.2, -0.15) is 5.48 Å². The Hall–Kier alpha value is -1.55. The third-order valence-corrected chi connectivity index (χ3v) is 8.25. The number of hydroxylamine groups is 1. The lowest BCUT2D eigenvalue weighted by atomic mass is 9.97. The quantitative estimate of drug-likeness (QED) is 0.330. The van der Waals surface area contributed by atoms with E-state index in [9.17, 15) is 0 Å². The zero-order chi connectivity index (χ0) is 22.2. The van der Waals surface area contributed by atoms with E-state index in [2.05, 4.69) is 26.5 Å². The van der Waals surface area contributed by atoms with Crippen LogP contribution in [0.2, 0.25) is 5.15 Å². The van der Waals surface area contributed by atoms with E-state index in [0.29, 0.717) is 22.4 Å². The third-order valence-electron chi connectivity index (χ3n) is 5.16. The summed E-state index contributed by atoms with van der Waals surface area (Å²) in [6, 6.07) is 1.68. The molecule has 32 heavy (non-hydrogen) atoms. The largest absolute Gasteiger partial charge is 0.395 e. The Morgan fingerprint density at radius 2 is 2.31 bits per heavy atom. The van der Waals surface area contributed by atoms with Crippen molar-refractivity contribution >= 4 is 62.1 Å². The van der Waals surface area contributed by atoms with Crippen molar-refractivity contribution in [1.82, 2.24) is 25.4 Å². The Morgan fingerprint density at radius 1 is 1.44 bits per heavy atom. The van der Waals surface area contributed by atoms with Gasteiger partial charge < -0.3 is 20.2 Å². The maximum Gasteiger partial charge on any atom is 0.170 e. The molecule has 2 fully saturated rings. The highest BCUT2D eigenvalue weighted by Gasteiger charge is 2.51. The summed E-state index contributed by atoms with van der Waals surface area (Å²) in [6.07, 6.45) is 2.43. The molecule has 3 aromatic rings. The molecule has 170 valence electrons. The highest BCUT2D eigenvalue weighted by molar-refractivity contribution is 7.99. The van der Waals surface area contributed by atoms with Gasteiger partial charge in [0.15, 0.2) is 5.65 Å². The molecule has 2 saturated heterocycles. The first-order chi connectivity index (χ1) is 15.5. The number of methoxy groups -OCH3 is 1. The number of pyridine rings is 1. The fourth-order valence-electron chi connectivity index (χ4n) is 3.74. The number of ether oxygens (including phenoxy) is 2. The van der Waals surface area contributed by atoms with Gasteiger partial charge in [0.2, 0.25) is 0 Å². The molecule has 0 bridgehead atoms. The maximum absolute atomic E-state index is 6.48. The molecule has 5 heterocycles. The molecule has 0 aliphatic carbocycles. The monoisotopic (exact) mass is 513 g/mol. The normalized spacial score (nSPS) is 28.2. The van der Waals surface area contributed by atoms with Gasteiger partial charge in [0.1, 0.15) is 40.0 Å². The number of thioether (sulfide) groups is 1. The molecule has 0 radical (unpaired) electrons. The van der Waals surface area contributed by atoms with E-state index >= 15 is 0 Å². The number of rotatable bonds is 6. The fraction of sp³-hybridized carbons (Fsp3) is 0.389. The number of hydrazine groups is 1. The summed E-state index contributed by atoms with van der Waals surface area (Å²) < 4.78 is 13.2. The minimum absolute atomic E-state index is 0.209. The molecule has 5 atom stereocenters. The standard InChI is InChI=1S/C18H20ClN7O3S3/c1-27-15-13(26(21)5-9(20)17-25-12(19)6-30-17)14-10(4-24-29-14)28-18(15)32-8-2-11-16(22-3-8)23-7-31-11/h2-3,5-7,10,13-15,18,24H,4,20-21H2,1H3/b9-5-. The summed E-state index contributed by atoms with van der Waals surface area (Å²) in [5.74, 6) is 6.48. The van der Waals surface area contributed by atoms with E-state index in [0.717, 1.165) is 15.2 Å². The number of nitrogens with zero attached hydrogens (tertiary/aromatic N) is 4. The molecule has 0 amide bonds. The first-order valence-electron chi connectivity index (χ1n) is 9.58. The maximum atomic E-state index is 6.48. The molecule has 5 unspecified atom stereocenters. The molecule has 3 aromatic heterocycles. The van der Waals surface area contributed by atoms with Crippen molar-refractivity contribution in [3.63, 3.8) is 0 Å². The number of fused-ring (bicyclic) bond motifs is 2. The van der Waals surface area contributed by atoms with E-state index in [-0.39, 0.29) is 23.7 Å². The lowest BCUT2D eigenvalue weighted by Crippen LogP contribution is -2.63. The predicted molar refractivity (Wildman–Crippen MR) is 125 cm³/mol. The van der Waals surface area contributed by atoms with Crippen LogP contribution in [-0.2, 0) is 14.3 Å². The smallest absolute Gasteiger partial charge is 0.170 e. The van der Waals surface area contributed by atoms with Crippen LogP contribution < -0.4 is 17.1 Å². The van der Waals surface area contributed by atoms with Gasteiger partial charge in [-0.15, -0.1) is 22.7 Å². The summed E-state index contributed by atoms with van der Waals surface area (Å²) in [7, 11) is 1.63. The van der Waals surface area contributed by atoms with Crippen molar-refractivity contribution in [2.24, 2.45) is 11.6 Å². The molecular weight excluding hydrogens is 494 g/mol. The van der Waals surface area contributed by atoms with Crippen LogP contribution in [-0.4, -0.2) is 63.4 Å². The van der Waals surface area contributed by atoms with Gasteiger partial charge in [-0.1, -0.05) is 23.4 Å². The van der Waals surface area contributed by atoms with E-state index in [1.54, 1.807) is 41.7 Å². The fourth-order valence-corrected chi connectivity index (χ4v) is 6.53. The molecule has 2 aliphatic rings. The molecule has 0 spiro atoms. The molecule has 5 N–H and O–H groups in total. The van der Waals surface area contributed by atoms with Gasteiger partial charge in [0.25, 0.3) is 0 Å². The molecule has 5 rings (SSSR count). The zero-order valence-electron chi connectivity index (χ0n) is 16.8. The Balaban J connectivity index is 1.42. The van der Waals surface area contributed by atoms with Crippen molar-refractivity contribution in [2.45, 2.75) is 34.7 Å². The summed E-state index contributed by atoms with van der Waals surface area (Å²) in [5, 5.41) is 4.20. The average Bonchev–Trinajstić information content (AvgIpc) is 3.52. The van der Waals surface area contributed by atoms with E-state index < -0.39 is 6.10 Å². The van der Waals surface area contributed by atoms with Crippen LogP contribution >= 0.6 is 46.0 Å². The lowest BCUT2D eigenvalue weighted by molar-refractivity contribution is -0.172. The number of thiazole rings is 2. The van der Waals surface area contributed by atoms with Crippen LogP contribution in [0.4, 0.5) is 0 Å². The Bertz CT molecular complexity index is 1130. The SMILES string of the molecule is COC1C(Sc2cnc3ncsc3c2)OC2CNOC2C1N(N)/C=C(\N)c1nc(Cl)cs1.